The Bertz CT molecular complexity index is 2380. The average molecular weight is 551 g/mol. The minimum absolute atomic E-state index is 0.397. The van der Waals surface area contributed by atoms with Crippen LogP contribution in [0.5, 0.6) is 0 Å². The van der Waals surface area contributed by atoms with E-state index < -0.39 is 0 Å². The largest absolute Gasteiger partial charge is 0.455 e. The van der Waals surface area contributed by atoms with Crippen LogP contribution in [-0.4, -0.2) is 4.57 Å². The van der Waals surface area contributed by atoms with E-state index in [0.29, 0.717) is 22.6 Å². The van der Waals surface area contributed by atoms with Gasteiger partial charge in [-0.1, -0.05) is 78.9 Å². The van der Waals surface area contributed by atoms with Gasteiger partial charge in [-0.3, -0.25) is 0 Å². The summed E-state index contributed by atoms with van der Waals surface area (Å²) in [6.45, 7) is 8.10. The maximum atomic E-state index is 10.9. The summed E-state index contributed by atoms with van der Waals surface area (Å²) in [5.41, 5.74) is 7.31. The molecule has 200 valence electrons. The van der Waals surface area contributed by atoms with Crippen LogP contribution in [0.1, 0.15) is 5.56 Å². The Hall–Kier alpha value is -6.30. The molecule has 0 N–H and O–H groups in total. The predicted octanol–water partition coefficient (Wildman–Crippen LogP) is 10.6. The first kappa shape index (κ1) is 24.5. The average Bonchev–Trinajstić information content (AvgIpc) is 3.61. The van der Waals surface area contributed by atoms with Gasteiger partial charge in [0.2, 0.25) is 5.69 Å². The number of anilines is 3. The van der Waals surface area contributed by atoms with Crippen molar-refractivity contribution in [2.24, 2.45) is 0 Å². The van der Waals surface area contributed by atoms with Crippen LogP contribution in [0.2, 0.25) is 0 Å². The van der Waals surface area contributed by atoms with E-state index in [0.717, 1.165) is 55.1 Å². The van der Waals surface area contributed by atoms with E-state index in [2.05, 4.69) is 45.8 Å². The van der Waals surface area contributed by atoms with Crippen molar-refractivity contribution in [3.8, 4) is 11.8 Å². The number of para-hydroxylation sites is 4. The lowest BCUT2D eigenvalue weighted by atomic mass is 10.1. The molecule has 0 fully saturated rings. The summed E-state index contributed by atoms with van der Waals surface area (Å²) in [5.74, 6) is 0. The third-order valence-electron chi connectivity index (χ3n) is 8.04. The highest BCUT2D eigenvalue weighted by Crippen LogP contribution is 2.46. The minimum atomic E-state index is 0.397. The van der Waals surface area contributed by atoms with Crippen molar-refractivity contribution in [2.75, 3.05) is 4.90 Å². The first-order valence-electron chi connectivity index (χ1n) is 14.0. The van der Waals surface area contributed by atoms with Crippen LogP contribution in [-0.2, 0) is 0 Å². The fourth-order valence-electron chi connectivity index (χ4n) is 6.24. The molecule has 0 spiro atoms. The second-order valence-corrected chi connectivity index (χ2v) is 10.3. The van der Waals surface area contributed by atoms with E-state index in [1.165, 1.54) is 0 Å². The zero-order valence-corrected chi connectivity index (χ0v) is 22.9. The standard InChI is InChI=1S/C38H22N4O/c1-40-31-21-23-33(30(24-39)37(31)41(25-12-4-2-5-13-25)26-14-6-3-7-15-26)42-32-18-10-8-17-29(32)36-34(42)22-20-28-27-16-9-11-19-35(27)43-38(28)36/h2-23H. The van der Waals surface area contributed by atoms with Gasteiger partial charge in [-0.05, 0) is 54.6 Å². The number of hydrogen-bond acceptors (Lipinski definition) is 3. The van der Waals surface area contributed by atoms with E-state index in [4.69, 9.17) is 11.0 Å². The molecule has 0 bridgehead atoms. The van der Waals surface area contributed by atoms with Crippen molar-refractivity contribution >= 4 is 66.5 Å². The van der Waals surface area contributed by atoms with Gasteiger partial charge in [0.15, 0.2) is 0 Å². The monoisotopic (exact) mass is 550 g/mol. The molecule has 43 heavy (non-hydrogen) atoms. The van der Waals surface area contributed by atoms with E-state index in [1.807, 2.05) is 108 Å². The number of aromatic nitrogens is 1. The van der Waals surface area contributed by atoms with E-state index >= 15 is 0 Å². The van der Waals surface area contributed by atoms with Gasteiger partial charge in [-0.2, -0.15) is 5.26 Å². The minimum Gasteiger partial charge on any atom is -0.455 e. The zero-order valence-electron chi connectivity index (χ0n) is 22.9. The highest BCUT2D eigenvalue weighted by atomic mass is 16.3. The maximum Gasteiger partial charge on any atom is 0.212 e. The summed E-state index contributed by atoms with van der Waals surface area (Å²) in [6, 6.07) is 46.4. The smallest absolute Gasteiger partial charge is 0.212 e. The number of furan rings is 1. The lowest BCUT2D eigenvalue weighted by Gasteiger charge is -2.28. The van der Waals surface area contributed by atoms with E-state index in [1.54, 1.807) is 0 Å². The number of fused-ring (bicyclic) bond motifs is 7. The van der Waals surface area contributed by atoms with Gasteiger partial charge in [0.25, 0.3) is 0 Å². The Kier molecular flexibility index (Phi) is 5.50. The first-order chi connectivity index (χ1) is 21.3. The topological polar surface area (TPSA) is 49.5 Å². The molecular weight excluding hydrogens is 528 g/mol. The highest BCUT2D eigenvalue weighted by Gasteiger charge is 2.26. The Morgan fingerprint density at radius 3 is 2.00 bits per heavy atom. The van der Waals surface area contributed by atoms with Crippen molar-refractivity contribution in [3.63, 3.8) is 0 Å². The molecule has 2 aromatic heterocycles. The summed E-state index contributed by atoms with van der Waals surface area (Å²) >= 11 is 0. The molecule has 0 unspecified atom stereocenters. The number of rotatable bonds is 4. The third kappa shape index (κ3) is 3.63. The van der Waals surface area contributed by atoms with Crippen molar-refractivity contribution in [1.82, 2.24) is 4.57 Å². The van der Waals surface area contributed by atoms with Gasteiger partial charge < -0.3 is 13.9 Å². The summed E-state index contributed by atoms with van der Waals surface area (Å²) < 4.78 is 8.59. The summed E-state index contributed by atoms with van der Waals surface area (Å²) in [6.07, 6.45) is 0. The van der Waals surface area contributed by atoms with Crippen LogP contribution in [0.3, 0.4) is 0 Å². The number of benzene rings is 6. The molecule has 8 rings (SSSR count). The van der Waals surface area contributed by atoms with Crippen LogP contribution < -0.4 is 4.90 Å². The van der Waals surface area contributed by atoms with Crippen molar-refractivity contribution in [1.29, 1.82) is 5.26 Å². The van der Waals surface area contributed by atoms with Gasteiger partial charge in [0, 0.05) is 27.5 Å². The van der Waals surface area contributed by atoms with Gasteiger partial charge >= 0.3 is 0 Å². The van der Waals surface area contributed by atoms with Crippen LogP contribution >= 0.6 is 0 Å². The van der Waals surface area contributed by atoms with Crippen LogP contribution in [0.25, 0.3) is 54.3 Å². The first-order valence-corrected chi connectivity index (χ1v) is 14.0. The van der Waals surface area contributed by atoms with Crippen molar-refractivity contribution in [2.45, 2.75) is 0 Å². The molecule has 0 atom stereocenters. The summed E-state index contributed by atoms with van der Waals surface area (Å²) in [7, 11) is 0. The molecule has 8 aromatic rings. The molecule has 6 aromatic carbocycles. The Morgan fingerprint density at radius 1 is 0.651 bits per heavy atom. The predicted molar refractivity (Wildman–Crippen MR) is 174 cm³/mol. The second-order valence-electron chi connectivity index (χ2n) is 10.3. The van der Waals surface area contributed by atoms with Crippen molar-refractivity contribution < 1.29 is 4.42 Å². The van der Waals surface area contributed by atoms with Crippen LogP contribution in [0.15, 0.2) is 138 Å². The van der Waals surface area contributed by atoms with Gasteiger partial charge in [0.1, 0.15) is 17.2 Å². The summed E-state index contributed by atoms with van der Waals surface area (Å²) in [4.78, 5) is 5.90. The quantitative estimate of drug-likeness (QED) is 0.205. The molecule has 5 heteroatoms. The molecule has 0 radical (unpaired) electrons. The maximum absolute atomic E-state index is 10.9. The molecule has 0 amide bonds. The van der Waals surface area contributed by atoms with E-state index in [9.17, 15) is 5.26 Å². The molecule has 0 aliphatic heterocycles. The molecule has 0 aliphatic carbocycles. The lowest BCUT2D eigenvalue weighted by molar-refractivity contribution is 0.673. The van der Waals surface area contributed by atoms with Gasteiger partial charge in [-0.25, -0.2) is 4.85 Å². The third-order valence-corrected chi connectivity index (χ3v) is 8.04. The van der Waals surface area contributed by atoms with Gasteiger partial charge in [-0.15, -0.1) is 0 Å². The van der Waals surface area contributed by atoms with Crippen molar-refractivity contribution in [3.05, 3.63) is 150 Å². The molecule has 0 saturated heterocycles. The fourth-order valence-corrected chi connectivity index (χ4v) is 6.24. The number of nitriles is 1. The fraction of sp³-hybridized carbons (Fsp3) is 0. The van der Waals surface area contributed by atoms with Crippen LogP contribution in [0.4, 0.5) is 22.7 Å². The Morgan fingerprint density at radius 2 is 1.30 bits per heavy atom. The second kappa shape index (κ2) is 9.66. The SMILES string of the molecule is [C-]#[N+]c1ccc(-n2c3ccccc3c3c4oc5ccccc5c4ccc32)c(C#N)c1N(c1ccccc1)c1ccccc1. The Balaban J connectivity index is 1.49. The zero-order chi connectivity index (χ0) is 28.9. The Labute approximate surface area is 247 Å². The van der Waals surface area contributed by atoms with E-state index in [-0.39, 0.29) is 0 Å². The van der Waals surface area contributed by atoms with Crippen LogP contribution in [0, 0.1) is 17.9 Å². The lowest BCUT2D eigenvalue weighted by Crippen LogP contribution is -2.13. The molecule has 0 saturated carbocycles. The molecule has 5 nitrogen and oxygen atoms in total. The van der Waals surface area contributed by atoms with Gasteiger partial charge in [0.05, 0.1) is 39.9 Å². The highest BCUT2D eigenvalue weighted by molar-refractivity contribution is 6.24. The molecule has 2 heterocycles. The number of hydrogen-bond donors (Lipinski definition) is 0. The normalized spacial score (nSPS) is 11.2. The molecular formula is C38H22N4O. The number of nitrogens with zero attached hydrogens (tertiary/aromatic N) is 4. The summed E-state index contributed by atoms with van der Waals surface area (Å²) in [5, 5.41) is 15.0. The molecule has 0 aliphatic rings.